The number of hydrogen-bond acceptors (Lipinski definition) is 4. The van der Waals surface area contributed by atoms with Crippen molar-refractivity contribution in [3.63, 3.8) is 0 Å². The van der Waals surface area contributed by atoms with Gasteiger partial charge in [0.2, 0.25) is 0 Å². The van der Waals surface area contributed by atoms with Crippen LogP contribution in [0.3, 0.4) is 0 Å². The lowest BCUT2D eigenvalue weighted by Gasteiger charge is -2.11. The maximum Gasteiger partial charge on any atom is 0.420 e. The van der Waals surface area contributed by atoms with E-state index in [4.69, 9.17) is 16.7 Å². The van der Waals surface area contributed by atoms with E-state index in [9.17, 15) is 27.9 Å². The van der Waals surface area contributed by atoms with Crippen molar-refractivity contribution in [1.82, 2.24) is 0 Å². The molecule has 0 saturated carbocycles. The van der Waals surface area contributed by atoms with Gasteiger partial charge in [-0.25, -0.2) is 4.79 Å². The van der Waals surface area contributed by atoms with Crippen LogP contribution in [0.2, 0.25) is 5.02 Å². The number of hydrogen-bond donors (Lipinski definition) is 2. The molecule has 0 aliphatic rings. The number of benzene rings is 1. The van der Waals surface area contributed by atoms with E-state index in [0.717, 1.165) is 19.3 Å². The van der Waals surface area contributed by atoms with Crippen LogP contribution < -0.4 is 0 Å². The largest absolute Gasteiger partial charge is 0.506 e. The van der Waals surface area contributed by atoms with Gasteiger partial charge in [0, 0.05) is 5.57 Å². The minimum atomic E-state index is -4.87. The summed E-state index contributed by atoms with van der Waals surface area (Å²) in [6, 6.07) is 1.52. The number of rotatable bonds is 4. The molecule has 0 unspecified atom stereocenters. The van der Waals surface area contributed by atoms with E-state index in [0.29, 0.717) is 6.07 Å². The summed E-state index contributed by atoms with van der Waals surface area (Å²) in [4.78, 5) is 22.1. The molecule has 22 heavy (non-hydrogen) atoms. The molecule has 1 rings (SSSR count). The molecule has 0 spiro atoms. The molecule has 0 saturated heterocycles. The maximum absolute atomic E-state index is 12.8. The lowest BCUT2D eigenvalue weighted by atomic mass is 10.0. The lowest BCUT2D eigenvalue weighted by Crippen LogP contribution is -2.10. The molecule has 0 amide bonds. The summed E-state index contributed by atoms with van der Waals surface area (Å²) >= 11 is 5.52. The number of carbonyl (C=O) groups excluding carboxylic acids is 1. The molecule has 0 aromatic heterocycles. The van der Waals surface area contributed by atoms with Gasteiger partial charge in [0.15, 0.2) is 0 Å². The predicted octanol–water partition coefficient (Wildman–Crippen LogP) is 3.10. The Balaban J connectivity index is 3.41. The van der Waals surface area contributed by atoms with E-state index in [1.165, 1.54) is 0 Å². The highest BCUT2D eigenvalue weighted by Gasteiger charge is 2.35. The molecule has 2 N–H and O–H groups in total. The van der Waals surface area contributed by atoms with E-state index in [2.05, 4.69) is 4.74 Å². The maximum atomic E-state index is 12.8. The van der Waals surface area contributed by atoms with E-state index < -0.39 is 40.9 Å². The molecular weight excluding hydrogens is 329 g/mol. The van der Waals surface area contributed by atoms with Crippen molar-refractivity contribution in [1.29, 1.82) is 0 Å². The second-order valence-electron chi connectivity index (χ2n) is 4.13. The van der Waals surface area contributed by atoms with Crippen LogP contribution >= 0.6 is 11.6 Å². The molecule has 5 nitrogen and oxygen atoms in total. The van der Waals surface area contributed by atoms with Crippen molar-refractivity contribution in [3.8, 4) is 5.75 Å². The topological polar surface area (TPSA) is 83.8 Å². The molecule has 0 fully saturated rings. The number of carboxylic acid groups (broad SMARTS) is 1. The van der Waals surface area contributed by atoms with Crippen molar-refractivity contribution in [3.05, 3.63) is 33.9 Å². The molecule has 1 aromatic rings. The number of phenolic OH excluding ortho intramolecular Hbond substituents is 1. The smallest absolute Gasteiger partial charge is 0.420 e. The highest BCUT2D eigenvalue weighted by molar-refractivity contribution is 6.32. The Hall–Kier alpha value is -2.22. The van der Waals surface area contributed by atoms with Crippen LogP contribution in [0.1, 0.15) is 17.5 Å². The zero-order valence-electron chi connectivity index (χ0n) is 11.1. The van der Waals surface area contributed by atoms with Crippen LogP contribution in [0.25, 0.3) is 6.08 Å². The lowest BCUT2D eigenvalue weighted by molar-refractivity contribution is -0.141. The molecule has 9 heteroatoms. The summed E-state index contributed by atoms with van der Waals surface area (Å²) in [6.07, 6.45) is -4.71. The predicted molar refractivity (Wildman–Crippen MR) is 70.4 cm³/mol. The number of phenols is 1. The van der Waals surface area contributed by atoms with Crippen molar-refractivity contribution in [2.75, 3.05) is 7.11 Å². The van der Waals surface area contributed by atoms with E-state index in [1.807, 2.05) is 0 Å². The van der Waals surface area contributed by atoms with E-state index in [1.54, 1.807) is 0 Å². The standard InChI is InChI=1S/C13H10ClF3O5/c1-22-12(21)7(5-10(18)19)2-6-3-8(13(15,16)17)11(20)9(14)4-6/h2-4,20H,5H2,1H3,(H,18,19)/b7-2-. The fraction of sp³-hybridized carbons (Fsp3) is 0.231. The Morgan fingerprint density at radius 1 is 1.36 bits per heavy atom. The third-order valence-corrected chi connectivity index (χ3v) is 2.81. The summed E-state index contributed by atoms with van der Waals surface area (Å²) in [7, 11) is 1.00. The van der Waals surface area contributed by atoms with Crippen LogP contribution in [0.5, 0.6) is 5.75 Å². The highest BCUT2D eigenvalue weighted by Crippen LogP contribution is 2.40. The summed E-state index contributed by atoms with van der Waals surface area (Å²) in [5, 5.41) is 17.4. The number of alkyl halides is 3. The van der Waals surface area contributed by atoms with Crippen molar-refractivity contribution >= 4 is 29.6 Å². The second kappa shape index (κ2) is 6.69. The molecule has 0 aliphatic carbocycles. The third kappa shape index (κ3) is 4.39. The number of ether oxygens (including phenoxy) is 1. The van der Waals surface area contributed by atoms with E-state index in [-0.39, 0.29) is 11.1 Å². The first kappa shape index (κ1) is 17.8. The number of halogens is 4. The van der Waals surface area contributed by atoms with Crippen molar-refractivity contribution in [2.45, 2.75) is 12.6 Å². The minimum absolute atomic E-state index is 0.197. The van der Waals surface area contributed by atoms with E-state index >= 15 is 0 Å². The zero-order chi connectivity index (χ0) is 17.1. The molecule has 1 aromatic carbocycles. The second-order valence-corrected chi connectivity index (χ2v) is 4.54. The van der Waals surface area contributed by atoms with Crippen molar-refractivity contribution in [2.24, 2.45) is 0 Å². The van der Waals surface area contributed by atoms with Gasteiger partial charge in [-0.05, 0) is 23.8 Å². The average Bonchev–Trinajstić information content (AvgIpc) is 2.39. The van der Waals surface area contributed by atoms with Crippen LogP contribution in [0, 0.1) is 0 Å². The molecule has 0 heterocycles. The third-order valence-electron chi connectivity index (χ3n) is 2.52. The summed E-state index contributed by atoms with van der Waals surface area (Å²) < 4.78 is 42.6. The molecular formula is C13H10ClF3O5. The van der Waals surface area contributed by atoms with Gasteiger partial charge in [-0.15, -0.1) is 0 Å². The zero-order valence-corrected chi connectivity index (χ0v) is 11.8. The van der Waals surface area contributed by atoms with Gasteiger partial charge >= 0.3 is 18.1 Å². The number of carboxylic acids is 1. The summed E-state index contributed by atoms with van der Waals surface area (Å²) in [6.45, 7) is 0. The number of esters is 1. The number of methoxy groups -OCH3 is 1. The van der Waals surface area contributed by atoms with Gasteiger partial charge in [0.25, 0.3) is 0 Å². The Morgan fingerprint density at radius 3 is 2.41 bits per heavy atom. The van der Waals surface area contributed by atoms with Crippen LogP contribution in [-0.2, 0) is 20.5 Å². The fourth-order valence-electron chi connectivity index (χ4n) is 1.60. The van der Waals surface area contributed by atoms with Crippen LogP contribution in [0.4, 0.5) is 13.2 Å². The molecule has 0 atom stereocenters. The van der Waals surface area contributed by atoms with Crippen LogP contribution in [0.15, 0.2) is 17.7 Å². The highest BCUT2D eigenvalue weighted by atomic mass is 35.5. The van der Waals surface area contributed by atoms with Gasteiger partial charge in [0.05, 0.1) is 24.1 Å². The number of aromatic hydroxyl groups is 1. The Kier molecular flexibility index (Phi) is 5.43. The SMILES string of the molecule is COC(=O)/C(=C\c1cc(Cl)c(O)c(C(F)(F)F)c1)CC(=O)O. The van der Waals surface area contributed by atoms with Gasteiger partial charge in [0.1, 0.15) is 5.75 Å². The summed E-state index contributed by atoms with van der Waals surface area (Å²) in [5.41, 5.74) is -1.97. The molecule has 0 bridgehead atoms. The van der Waals surface area contributed by atoms with Crippen molar-refractivity contribution < 1.29 is 37.7 Å². The molecule has 0 radical (unpaired) electrons. The molecule has 120 valence electrons. The summed E-state index contributed by atoms with van der Waals surface area (Å²) in [5.74, 6) is -3.51. The Labute approximate surface area is 127 Å². The first-order chi connectivity index (χ1) is 10.1. The van der Waals surface area contributed by atoms with Crippen LogP contribution in [-0.4, -0.2) is 29.3 Å². The van der Waals surface area contributed by atoms with Gasteiger partial charge in [-0.1, -0.05) is 11.6 Å². The Bertz CT molecular complexity index is 637. The number of carbonyl (C=O) groups is 2. The first-order valence-corrected chi connectivity index (χ1v) is 6.04. The monoisotopic (exact) mass is 338 g/mol. The average molecular weight is 339 g/mol. The normalized spacial score (nSPS) is 12.1. The molecule has 0 aliphatic heterocycles. The van der Waals surface area contributed by atoms with Gasteiger partial charge in [-0.2, -0.15) is 13.2 Å². The first-order valence-electron chi connectivity index (χ1n) is 5.66. The van der Waals surface area contributed by atoms with Gasteiger partial charge < -0.3 is 14.9 Å². The minimum Gasteiger partial charge on any atom is -0.506 e. The number of aliphatic carboxylic acids is 1. The van der Waals surface area contributed by atoms with Gasteiger partial charge in [-0.3, -0.25) is 4.79 Å². The Morgan fingerprint density at radius 2 is 1.95 bits per heavy atom. The quantitative estimate of drug-likeness (QED) is 0.651. The fourth-order valence-corrected chi connectivity index (χ4v) is 1.82.